The SMILES string of the molecule is Cn1nccc1C(NC(=O)c1cnn(-c2ccc(F)cc2)c1)c1ccccc1. The highest BCUT2D eigenvalue weighted by atomic mass is 19.1. The van der Waals surface area contributed by atoms with Crippen LogP contribution in [-0.2, 0) is 7.05 Å². The number of hydrogen-bond donors (Lipinski definition) is 1. The zero-order valence-electron chi connectivity index (χ0n) is 15.2. The predicted molar refractivity (Wildman–Crippen MR) is 102 cm³/mol. The second-order valence-corrected chi connectivity index (χ2v) is 6.35. The Kier molecular flexibility index (Phi) is 4.72. The van der Waals surface area contributed by atoms with Crippen molar-refractivity contribution in [2.45, 2.75) is 6.04 Å². The van der Waals surface area contributed by atoms with E-state index in [-0.39, 0.29) is 17.8 Å². The molecule has 0 aliphatic heterocycles. The summed E-state index contributed by atoms with van der Waals surface area (Å²) in [4.78, 5) is 12.9. The molecular formula is C21H18FN5O. The lowest BCUT2D eigenvalue weighted by molar-refractivity contribution is 0.0941. The van der Waals surface area contributed by atoms with Gasteiger partial charge in [0.2, 0.25) is 0 Å². The van der Waals surface area contributed by atoms with E-state index in [1.807, 2.05) is 43.4 Å². The van der Waals surface area contributed by atoms with Crippen molar-refractivity contribution in [1.29, 1.82) is 0 Å². The van der Waals surface area contributed by atoms with Crippen molar-refractivity contribution in [3.63, 3.8) is 0 Å². The van der Waals surface area contributed by atoms with Gasteiger partial charge in [0.1, 0.15) is 5.82 Å². The number of rotatable bonds is 5. The largest absolute Gasteiger partial charge is 0.339 e. The summed E-state index contributed by atoms with van der Waals surface area (Å²) in [6, 6.07) is 17.1. The minimum absolute atomic E-state index is 0.261. The molecule has 1 N–H and O–H groups in total. The van der Waals surface area contributed by atoms with E-state index in [9.17, 15) is 9.18 Å². The Morgan fingerprint density at radius 1 is 1.04 bits per heavy atom. The Morgan fingerprint density at radius 3 is 2.46 bits per heavy atom. The Bertz CT molecular complexity index is 1090. The Hall–Kier alpha value is -3.74. The van der Waals surface area contributed by atoms with E-state index in [1.54, 1.807) is 29.2 Å². The number of aryl methyl sites for hydroxylation is 1. The zero-order valence-corrected chi connectivity index (χ0v) is 15.2. The van der Waals surface area contributed by atoms with Gasteiger partial charge in [-0.25, -0.2) is 9.07 Å². The lowest BCUT2D eigenvalue weighted by Gasteiger charge is -2.19. The Balaban J connectivity index is 1.60. The first kappa shape index (κ1) is 17.7. The van der Waals surface area contributed by atoms with E-state index in [1.165, 1.54) is 23.0 Å². The molecule has 0 bridgehead atoms. The smallest absolute Gasteiger partial charge is 0.255 e. The molecule has 0 saturated carbocycles. The van der Waals surface area contributed by atoms with E-state index in [0.717, 1.165) is 11.3 Å². The third-order valence-electron chi connectivity index (χ3n) is 4.50. The molecule has 7 heteroatoms. The second-order valence-electron chi connectivity index (χ2n) is 6.35. The topological polar surface area (TPSA) is 64.7 Å². The molecular weight excluding hydrogens is 357 g/mol. The van der Waals surface area contributed by atoms with Crippen molar-refractivity contribution < 1.29 is 9.18 Å². The Morgan fingerprint density at radius 2 is 1.79 bits per heavy atom. The minimum atomic E-state index is -0.352. The molecule has 0 saturated heterocycles. The van der Waals surface area contributed by atoms with Gasteiger partial charge in [0, 0.05) is 19.4 Å². The molecule has 140 valence electrons. The summed E-state index contributed by atoms with van der Waals surface area (Å²) >= 11 is 0. The van der Waals surface area contributed by atoms with Gasteiger partial charge in [-0.2, -0.15) is 10.2 Å². The summed E-state index contributed by atoms with van der Waals surface area (Å²) < 4.78 is 16.4. The quantitative estimate of drug-likeness (QED) is 0.582. The van der Waals surface area contributed by atoms with Crippen molar-refractivity contribution in [3.05, 3.63) is 102 Å². The van der Waals surface area contributed by atoms with Crippen LogP contribution in [0.25, 0.3) is 5.69 Å². The van der Waals surface area contributed by atoms with E-state index in [2.05, 4.69) is 15.5 Å². The minimum Gasteiger partial charge on any atom is -0.339 e. The summed E-state index contributed by atoms with van der Waals surface area (Å²) in [5.41, 5.74) is 2.90. The maximum absolute atomic E-state index is 13.1. The molecule has 0 aliphatic carbocycles. The molecule has 2 heterocycles. The van der Waals surface area contributed by atoms with Crippen molar-refractivity contribution in [3.8, 4) is 5.69 Å². The number of halogens is 1. The molecule has 4 rings (SSSR count). The fourth-order valence-electron chi connectivity index (χ4n) is 3.03. The van der Waals surface area contributed by atoms with Crippen LogP contribution >= 0.6 is 0 Å². The van der Waals surface area contributed by atoms with Gasteiger partial charge in [0.05, 0.1) is 29.2 Å². The van der Waals surface area contributed by atoms with Gasteiger partial charge in [0.15, 0.2) is 0 Å². The number of hydrogen-bond acceptors (Lipinski definition) is 3. The van der Waals surface area contributed by atoms with Crippen LogP contribution < -0.4 is 5.32 Å². The number of carbonyl (C=O) groups excluding carboxylic acids is 1. The highest BCUT2D eigenvalue weighted by Crippen LogP contribution is 2.22. The zero-order chi connectivity index (χ0) is 19.5. The molecule has 2 aromatic carbocycles. The summed E-state index contributed by atoms with van der Waals surface area (Å²) in [5, 5.41) is 11.5. The maximum atomic E-state index is 13.1. The Labute approximate surface area is 161 Å². The van der Waals surface area contributed by atoms with Crippen molar-refractivity contribution in [2.75, 3.05) is 0 Å². The molecule has 28 heavy (non-hydrogen) atoms. The third kappa shape index (κ3) is 3.55. The molecule has 4 aromatic rings. The van der Waals surface area contributed by atoms with Crippen LogP contribution in [0, 0.1) is 5.82 Å². The van der Waals surface area contributed by atoms with E-state index in [0.29, 0.717) is 11.3 Å². The van der Waals surface area contributed by atoms with Gasteiger partial charge in [-0.15, -0.1) is 0 Å². The highest BCUT2D eigenvalue weighted by Gasteiger charge is 2.21. The monoisotopic (exact) mass is 375 g/mol. The van der Waals surface area contributed by atoms with Crippen LogP contribution in [0.2, 0.25) is 0 Å². The highest BCUT2D eigenvalue weighted by molar-refractivity contribution is 5.94. The van der Waals surface area contributed by atoms with Crippen molar-refractivity contribution in [2.24, 2.45) is 7.05 Å². The molecule has 2 aromatic heterocycles. The molecule has 0 fully saturated rings. The maximum Gasteiger partial charge on any atom is 0.255 e. The third-order valence-corrected chi connectivity index (χ3v) is 4.50. The molecule has 0 spiro atoms. The number of nitrogens with zero attached hydrogens (tertiary/aromatic N) is 4. The van der Waals surface area contributed by atoms with Gasteiger partial charge in [-0.05, 0) is 35.9 Å². The first-order valence-corrected chi connectivity index (χ1v) is 8.76. The van der Waals surface area contributed by atoms with Gasteiger partial charge >= 0.3 is 0 Å². The van der Waals surface area contributed by atoms with Gasteiger partial charge < -0.3 is 5.32 Å². The van der Waals surface area contributed by atoms with Crippen LogP contribution in [0.4, 0.5) is 4.39 Å². The predicted octanol–water partition coefficient (Wildman–Crippen LogP) is 3.26. The molecule has 1 atom stereocenters. The normalized spacial score (nSPS) is 11.9. The van der Waals surface area contributed by atoms with Crippen LogP contribution in [0.3, 0.4) is 0 Å². The number of nitrogens with one attached hydrogen (secondary N) is 1. The summed E-state index contributed by atoms with van der Waals surface area (Å²) in [6.07, 6.45) is 4.81. The molecule has 0 radical (unpaired) electrons. The van der Waals surface area contributed by atoms with Crippen LogP contribution in [0.1, 0.15) is 27.7 Å². The molecule has 1 amide bonds. The number of carbonyl (C=O) groups is 1. The fourth-order valence-corrected chi connectivity index (χ4v) is 3.03. The van der Waals surface area contributed by atoms with Crippen molar-refractivity contribution >= 4 is 5.91 Å². The van der Waals surface area contributed by atoms with Gasteiger partial charge in [-0.3, -0.25) is 9.48 Å². The van der Waals surface area contributed by atoms with E-state index in [4.69, 9.17) is 0 Å². The lowest BCUT2D eigenvalue weighted by Crippen LogP contribution is -2.30. The summed E-state index contributed by atoms with van der Waals surface area (Å²) in [6.45, 7) is 0. The van der Waals surface area contributed by atoms with Gasteiger partial charge in [-0.1, -0.05) is 30.3 Å². The van der Waals surface area contributed by atoms with Crippen LogP contribution in [0.15, 0.2) is 79.3 Å². The average molecular weight is 375 g/mol. The first-order chi connectivity index (χ1) is 13.6. The number of amides is 1. The molecule has 0 aliphatic rings. The average Bonchev–Trinajstić information content (AvgIpc) is 3.37. The van der Waals surface area contributed by atoms with Gasteiger partial charge in [0.25, 0.3) is 5.91 Å². The standard InChI is InChI=1S/C21H18FN5O/c1-26-19(11-12-23-26)20(15-5-3-2-4-6-15)25-21(28)16-13-24-27(14-16)18-9-7-17(22)8-10-18/h2-14,20H,1H3,(H,25,28). The second kappa shape index (κ2) is 7.48. The number of benzene rings is 2. The van der Waals surface area contributed by atoms with Crippen molar-refractivity contribution in [1.82, 2.24) is 24.9 Å². The molecule has 1 unspecified atom stereocenters. The number of aromatic nitrogens is 4. The summed E-state index contributed by atoms with van der Waals surface area (Å²) in [7, 11) is 1.84. The van der Waals surface area contributed by atoms with E-state index < -0.39 is 0 Å². The van der Waals surface area contributed by atoms with Crippen LogP contribution in [0.5, 0.6) is 0 Å². The van der Waals surface area contributed by atoms with E-state index >= 15 is 0 Å². The lowest BCUT2D eigenvalue weighted by atomic mass is 10.0. The van der Waals surface area contributed by atoms with Crippen LogP contribution in [-0.4, -0.2) is 25.5 Å². The first-order valence-electron chi connectivity index (χ1n) is 8.76. The molecule has 6 nitrogen and oxygen atoms in total. The summed E-state index contributed by atoms with van der Waals surface area (Å²) in [5.74, 6) is -0.584. The fraction of sp³-hybridized carbons (Fsp3) is 0.0952.